The zero-order valence-electron chi connectivity index (χ0n) is 19.1. The molecule has 0 aliphatic heterocycles. The van der Waals surface area contributed by atoms with Crippen molar-refractivity contribution in [2.75, 3.05) is 6.54 Å². The van der Waals surface area contributed by atoms with E-state index < -0.39 is 0 Å². The fourth-order valence-electron chi connectivity index (χ4n) is 4.03. The van der Waals surface area contributed by atoms with E-state index in [0.29, 0.717) is 19.1 Å². The Morgan fingerprint density at radius 3 is 2.56 bits per heavy atom. The lowest BCUT2D eigenvalue weighted by Gasteiger charge is -2.25. The summed E-state index contributed by atoms with van der Waals surface area (Å²) in [4.78, 5) is 2.39. The number of allylic oxidation sites excluding steroid dienone is 1. The van der Waals surface area contributed by atoms with E-state index in [0.717, 1.165) is 41.3 Å². The van der Waals surface area contributed by atoms with Crippen molar-refractivity contribution < 1.29 is 9.84 Å². The summed E-state index contributed by atoms with van der Waals surface area (Å²) in [5, 5.41) is 15.4. The van der Waals surface area contributed by atoms with Gasteiger partial charge in [0.15, 0.2) is 0 Å². The van der Waals surface area contributed by atoms with Gasteiger partial charge >= 0.3 is 0 Å². The first-order chi connectivity index (χ1) is 15.5. The molecule has 3 aromatic rings. The average molecular weight is 432 g/mol. The molecule has 1 atom stereocenters. The lowest BCUT2D eigenvalue weighted by atomic mass is 10.1. The summed E-state index contributed by atoms with van der Waals surface area (Å²) in [6, 6.07) is 18.8. The zero-order chi connectivity index (χ0) is 22.5. The summed E-state index contributed by atoms with van der Waals surface area (Å²) in [5.74, 6) is 1.54. The molecule has 1 N–H and O–H groups in total. The molecule has 0 amide bonds. The van der Waals surface area contributed by atoms with E-state index in [1.165, 1.54) is 18.4 Å². The van der Waals surface area contributed by atoms with Crippen molar-refractivity contribution in [3.63, 3.8) is 0 Å². The highest BCUT2D eigenvalue weighted by Crippen LogP contribution is 2.37. The molecule has 1 fully saturated rings. The Bertz CT molecular complexity index is 1020. The van der Waals surface area contributed by atoms with Crippen molar-refractivity contribution in [3.8, 4) is 22.9 Å². The highest BCUT2D eigenvalue weighted by molar-refractivity contribution is 5.65. The molecule has 0 saturated heterocycles. The Kier molecular flexibility index (Phi) is 7.08. The maximum atomic E-state index is 10.6. The number of ether oxygens (including phenoxy) is 1. The van der Waals surface area contributed by atoms with E-state index in [1.807, 2.05) is 48.1 Å². The highest BCUT2D eigenvalue weighted by Gasteiger charge is 2.32. The summed E-state index contributed by atoms with van der Waals surface area (Å²) < 4.78 is 8.20. The van der Waals surface area contributed by atoms with Gasteiger partial charge in [0, 0.05) is 31.7 Å². The van der Waals surface area contributed by atoms with Crippen molar-refractivity contribution in [2.45, 2.75) is 51.3 Å². The minimum atomic E-state index is -0.369. The van der Waals surface area contributed by atoms with Gasteiger partial charge in [-0.15, -0.1) is 6.58 Å². The molecule has 4 rings (SSSR count). The Labute approximate surface area is 191 Å². The van der Waals surface area contributed by atoms with Gasteiger partial charge in [0.1, 0.15) is 11.4 Å². The van der Waals surface area contributed by atoms with Crippen LogP contribution in [-0.4, -0.2) is 38.5 Å². The van der Waals surface area contributed by atoms with E-state index in [2.05, 4.69) is 42.7 Å². The quantitative estimate of drug-likeness (QED) is 0.409. The number of aromatic nitrogens is 2. The summed E-state index contributed by atoms with van der Waals surface area (Å²) in [6.45, 7) is 7.18. The Hall–Kier alpha value is -2.89. The van der Waals surface area contributed by atoms with Crippen molar-refractivity contribution >= 4 is 0 Å². The van der Waals surface area contributed by atoms with Crippen LogP contribution in [0.1, 0.15) is 36.8 Å². The molecule has 1 aliphatic rings. The molecule has 2 aromatic carbocycles. The van der Waals surface area contributed by atoms with Gasteiger partial charge in [-0.1, -0.05) is 54.1 Å². The lowest BCUT2D eigenvalue weighted by molar-refractivity contribution is 0.0976. The van der Waals surface area contributed by atoms with E-state index in [-0.39, 0.29) is 6.10 Å². The van der Waals surface area contributed by atoms with E-state index in [4.69, 9.17) is 9.84 Å². The van der Waals surface area contributed by atoms with Gasteiger partial charge in [-0.25, -0.2) is 4.68 Å². The van der Waals surface area contributed by atoms with Crippen molar-refractivity contribution in [1.29, 1.82) is 0 Å². The standard InChI is InChI=1S/C27H33N3O2/c1-4-5-11-23(31)18-30(22-14-15-22)19-25-26(21-9-7-6-8-10-21)28-29(3)27(25)32-24-16-12-20(2)13-17-24/h4,6-10,12-13,16-17,22-23,31H,1,5,11,14-15,18-19H2,2-3H3. The summed E-state index contributed by atoms with van der Waals surface area (Å²) in [7, 11) is 1.93. The van der Waals surface area contributed by atoms with Crippen LogP contribution in [0, 0.1) is 6.92 Å². The number of aliphatic hydroxyl groups is 1. The van der Waals surface area contributed by atoms with Crippen LogP contribution in [0.25, 0.3) is 11.3 Å². The Morgan fingerprint density at radius 1 is 1.19 bits per heavy atom. The third-order valence-corrected chi connectivity index (χ3v) is 5.94. The van der Waals surface area contributed by atoms with Crippen LogP contribution in [-0.2, 0) is 13.6 Å². The van der Waals surface area contributed by atoms with Crippen LogP contribution < -0.4 is 4.74 Å². The second-order valence-electron chi connectivity index (χ2n) is 8.72. The maximum absolute atomic E-state index is 10.6. The third kappa shape index (κ3) is 5.47. The summed E-state index contributed by atoms with van der Waals surface area (Å²) in [5.41, 5.74) is 4.25. The largest absolute Gasteiger partial charge is 0.439 e. The number of hydrogen-bond acceptors (Lipinski definition) is 4. The highest BCUT2D eigenvalue weighted by atomic mass is 16.5. The van der Waals surface area contributed by atoms with Gasteiger partial charge in [0.2, 0.25) is 5.88 Å². The molecule has 5 nitrogen and oxygen atoms in total. The molecule has 1 heterocycles. The first kappa shape index (κ1) is 22.3. The van der Waals surface area contributed by atoms with Crippen LogP contribution >= 0.6 is 0 Å². The molecule has 1 saturated carbocycles. The molecule has 0 spiro atoms. The van der Waals surface area contributed by atoms with E-state index >= 15 is 0 Å². The molecular weight excluding hydrogens is 398 g/mol. The van der Waals surface area contributed by atoms with Crippen LogP contribution in [0.5, 0.6) is 11.6 Å². The molecule has 32 heavy (non-hydrogen) atoms. The van der Waals surface area contributed by atoms with E-state index in [1.54, 1.807) is 0 Å². The zero-order valence-corrected chi connectivity index (χ0v) is 19.1. The fourth-order valence-corrected chi connectivity index (χ4v) is 4.03. The first-order valence-electron chi connectivity index (χ1n) is 11.4. The number of aryl methyl sites for hydroxylation is 2. The summed E-state index contributed by atoms with van der Waals surface area (Å²) in [6.07, 6.45) is 5.40. The van der Waals surface area contributed by atoms with Gasteiger partial charge in [-0.2, -0.15) is 5.10 Å². The molecule has 5 heteroatoms. The Morgan fingerprint density at radius 2 is 1.91 bits per heavy atom. The second-order valence-corrected chi connectivity index (χ2v) is 8.72. The molecule has 1 aliphatic carbocycles. The Balaban J connectivity index is 1.67. The van der Waals surface area contributed by atoms with Crippen molar-refractivity contribution in [3.05, 3.63) is 78.4 Å². The van der Waals surface area contributed by atoms with Gasteiger partial charge in [-0.05, 0) is 44.7 Å². The van der Waals surface area contributed by atoms with Crippen LogP contribution in [0.3, 0.4) is 0 Å². The maximum Gasteiger partial charge on any atom is 0.222 e. The molecule has 0 radical (unpaired) electrons. The third-order valence-electron chi connectivity index (χ3n) is 5.94. The molecular formula is C27H33N3O2. The van der Waals surface area contributed by atoms with E-state index in [9.17, 15) is 5.11 Å². The van der Waals surface area contributed by atoms with Crippen LogP contribution in [0.4, 0.5) is 0 Å². The smallest absolute Gasteiger partial charge is 0.222 e. The SMILES string of the molecule is C=CCCC(O)CN(Cc1c(-c2ccccc2)nn(C)c1Oc1ccc(C)cc1)C1CC1. The summed E-state index contributed by atoms with van der Waals surface area (Å²) >= 11 is 0. The lowest BCUT2D eigenvalue weighted by Crippen LogP contribution is -2.34. The first-order valence-corrected chi connectivity index (χ1v) is 11.4. The van der Waals surface area contributed by atoms with Crippen molar-refractivity contribution in [2.24, 2.45) is 7.05 Å². The monoisotopic (exact) mass is 431 g/mol. The fraction of sp³-hybridized carbons (Fsp3) is 0.370. The average Bonchev–Trinajstić information content (AvgIpc) is 3.60. The number of nitrogens with zero attached hydrogens (tertiary/aromatic N) is 3. The minimum absolute atomic E-state index is 0.369. The molecule has 1 aromatic heterocycles. The minimum Gasteiger partial charge on any atom is -0.439 e. The predicted molar refractivity (Wildman–Crippen MR) is 129 cm³/mol. The number of aliphatic hydroxyl groups excluding tert-OH is 1. The number of hydrogen-bond donors (Lipinski definition) is 1. The number of rotatable bonds is 11. The van der Waals surface area contributed by atoms with Gasteiger partial charge < -0.3 is 9.84 Å². The molecule has 0 bridgehead atoms. The molecule has 1 unspecified atom stereocenters. The van der Waals surface area contributed by atoms with Gasteiger partial charge in [0.05, 0.1) is 11.7 Å². The normalized spacial score (nSPS) is 14.5. The second kappa shape index (κ2) is 10.2. The number of benzene rings is 2. The molecule has 168 valence electrons. The van der Waals surface area contributed by atoms with Gasteiger partial charge in [0.25, 0.3) is 0 Å². The topological polar surface area (TPSA) is 50.5 Å². The van der Waals surface area contributed by atoms with Gasteiger partial charge in [-0.3, -0.25) is 4.90 Å². The van der Waals surface area contributed by atoms with Crippen LogP contribution in [0.2, 0.25) is 0 Å². The van der Waals surface area contributed by atoms with Crippen molar-refractivity contribution in [1.82, 2.24) is 14.7 Å². The van der Waals surface area contributed by atoms with Crippen LogP contribution in [0.15, 0.2) is 67.3 Å². The predicted octanol–water partition coefficient (Wildman–Crippen LogP) is 5.48.